The van der Waals surface area contributed by atoms with Crippen LogP contribution < -0.4 is 10.6 Å². The minimum atomic E-state index is -0.511. The summed E-state index contributed by atoms with van der Waals surface area (Å²) in [5, 5.41) is 17.2. The molecule has 0 aliphatic heterocycles. The standard InChI is InChI=1S/C19H26N2O/c1-15(18(22)16-10-6-4-7-11-16)20-14-21-19(2,3)17-12-8-5-9-13-17/h4-13,15,18,20-22H,14H2,1-3H3. The molecule has 0 saturated carbocycles. The topological polar surface area (TPSA) is 44.3 Å². The van der Waals surface area contributed by atoms with Crippen molar-refractivity contribution in [3.63, 3.8) is 0 Å². The molecule has 2 aromatic rings. The van der Waals surface area contributed by atoms with Gasteiger partial charge in [-0.15, -0.1) is 0 Å². The minimum absolute atomic E-state index is 0.0264. The van der Waals surface area contributed by atoms with Gasteiger partial charge in [0.1, 0.15) is 0 Å². The van der Waals surface area contributed by atoms with E-state index >= 15 is 0 Å². The Hall–Kier alpha value is -1.68. The molecule has 0 amide bonds. The Morgan fingerprint density at radius 3 is 2.09 bits per heavy atom. The van der Waals surface area contributed by atoms with Gasteiger partial charge in [0.25, 0.3) is 0 Å². The van der Waals surface area contributed by atoms with Gasteiger partial charge >= 0.3 is 0 Å². The first-order valence-electron chi connectivity index (χ1n) is 7.77. The molecule has 0 aromatic heterocycles. The largest absolute Gasteiger partial charge is 0.387 e. The first kappa shape index (κ1) is 16.7. The van der Waals surface area contributed by atoms with Crippen molar-refractivity contribution in [3.8, 4) is 0 Å². The third kappa shape index (κ3) is 4.41. The van der Waals surface area contributed by atoms with E-state index in [1.165, 1.54) is 5.56 Å². The Morgan fingerprint density at radius 2 is 1.50 bits per heavy atom. The third-order valence-electron chi connectivity index (χ3n) is 4.06. The molecule has 0 bridgehead atoms. The molecule has 0 spiro atoms. The Morgan fingerprint density at radius 1 is 0.955 bits per heavy atom. The van der Waals surface area contributed by atoms with Crippen molar-refractivity contribution >= 4 is 0 Å². The predicted octanol–water partition coefficient (Wildman–Crippen LogP) is 3.18. The Balaban J connectivity index is 1.85. The molecule has 2 rings (SSSR count). The van der Waals surface area contributed by atoms with E-state index in [4.69, 9.17) is 0 Å². The van der Waals surface area contributed by atoms with E-state index in [2.05, 4.69) is 36.6 Å². The van der Waals surface area contributed by atoms with Gasteiger partial charge in [0, 0.05) is 18.2 Å². The van der Waals surface area contributed by atoms with Gasteiger partial charge in [0.2, 0.25) is 0 Å². The van der Waals surface area contributed by atoms with Crippen LogP contribution in [0.15, 0.2) is 60.7 Å². The zero-order chi connectivity index (χ0) is 16.0. The smallest absolute Gasteiger partial charge is 0.0940 e. The van der Waals surface area contributed by atoms with Gasteiger partial charge in [-0.1, -0.05) is 60.7 Å². The summed E-state index contributed by atoms with van der Waals surface area (Å²) in [6.07, 6.45) is -0.511. The Bertz CT molecular complexity index is 554. The minimum Gasteiger partial charge on any atom is -0.387 e. The summed E-state index contributed by atoms with van der Waals surface area (Å²) in [5.74, 6) is 0. The quantitative estimate of drug-likeness (QED) is 0.688. The first-order valence-corrected chi connectivity index (χ1v) is 7.77. The molecule has 0 saturated heterocycles. The molecule has 2 aromatic carbocycles. The molecule has 2 atom stereocenters. The number of aliphatic hydroxyl groups excluding tert-OH is 1. The number of hydrogen-bond donors (Lipinski definition) is 3. The molecular formula is C19H26N2O. The second-order valence-electron chi connectivity index (χ2n) is 6.19. The van der Waals surface area contributed by atoms with Crippen LogP contribution in [0.25, 0.3) is 0 Å². The van der Waals surface area contributed by atoms with Gasteiger partial charge in [0.05, 0.1) is 6.10 Å². The summed E-state index contributed by atoms with van der Waals surface area (Å²) >= 11 is 0. The summed E-state index contributed by atoms with van der Waals surface area (Å²) in [4.78, 5) is 0. The fraction of sp³-hybridized carbons (Fsp3) is 0.368. The van der Waals surface area contributed by atoms with Crippen LogP contribution in [-0.4, -0.2) is 17.8 Å². The van der Waals surface area contributed by atoms with Crippen molar-refractivity contribution < 1.29 is 5.11 Å². The van der Waals surface area contributed by atoms with Crippen LogP contribution >= 0.6 is 0 Å². The molecule has 3 N–H and O–H groups in total. The van der Waals surface area contributed by atoms with Gasteiger partial charge in [-0.2, -0.15) is 0 Å². The van der Waals surface area contributed by atoms with Crippen LogP contribution in [0.3, 0.4) is 0 Å². The van der Waals surface area contributed by atoms with E-state index in [1.54, 1.807) is 0 Å². The first-order chi connectivity index (χ1) is 10.5. The number of aliphatic hydroxyl groups is 1. The van der Waals surface area contributed by atoms with Crippen LogP contribution in [-0.2, 0) is 5.54 Å². The van der Waals surface area contributed by atoms with E-state index in [0.29, 0.717) is 6.67 Å². The number of hydrogen-bond acceptors (Lipinski definition) is 3. The van der Waals surface area contributed by atoms with Crippen molar-refractivity contribution in [2.24, 2.45) is 0 Å². The molecule has 3 heteroatoms. The maximum Gasteiger partial charge on any atom is 0.0940 e. The molecule has 0 heterocycles. The van der Waals surface area contributed by atoms with Crippen molar-refractivity contribution in [1.82, 2.24) is 10.6 Å². The van der Waals surface area contributed by atoms with Crippen molar-refractivity contribution in [2.75, 3.05) is 6.67 Å². The van der Waals surface area contributed by atoms with E-state index < -0.39 is 6.10 Å². The van der Waals surface area contributed by atoms with Crippen LogP contribution in [0, 0.1) is 0 Å². The molecule has 0 aliphatic rings. The lowest BCUT2D eigenvalue weighted by Gasteiger charge is -2.29. The lowest BCUT2D eigenvalue weighted by Crippen LogP contribution is -2.46. The molecule has 0 aliphatic carbocycles. The maximum atomic E-state index is 10.3. The van der Waals surface area contributed by atoms with Crippen molar-refractivity contribution in [3.05, 3.63) is 71.8 Å². The van der Waals surface area contributed by atoms with Gasteiger partial charge in [-0.25, -0.2) is 0 Å². The normalized spacial score (nSPS) is 14.5. The highest BCUT2D eigenvalue weighted by atomic mass is 16.3. The van der Waals surface area contributed by atoms with Crippen LogP contribution in [0.5, 0.6) is 0 Å². The second kappa shape index (κ2) is 7.54. The number of benzene rings is 2. The highest BCUT2D eigenvalue weighted by Crippen LogP contribution is 2.19. The van der Waals surface area contributed by atoms with E-state index in [-0.39, 0.29) is 11.6 Å². The van der Waals surface area contributed by atoms with Crippen LogP contribution in [0.1, 0.15) is 38.0 Å². The second-order valence-corrected chi connectivity index (χ2v) is 6.19. The zero-order valence-electron chi connectivity index (χ0n) is 13.6. The van der Waals surface area contributed by atoms with Crippen LogP contribution in [0.4, 0.5) is 0 Å². The highest BCUT2D eigenvalue weighted by Gasteiger charge is 2.20. The molecule has 118 valence electrons. The molecular weight excluding hydrogens is 272 g/mol. The van der Waals surface area contributed by atoms with Gasteiger partial charge < -0.3 is 5.11 Å². The lowest BCUT2D eigenvalue weighted by molar-refractivity contribution is 0.133. The summed E-state index contributed by atoms with van der Waals surface area (Å²) in [6, 6.07) is 20.1. The fourth-order valence-corrected chi connectivity index (χ4v) is 2.44. The SMILES string of the molecule is CC(NCNC(C)(C)c1ccccc1)C(O)c1ccccc1. The van der Waals surface area contributed by atoms with Crippen LogP contribution in [0.2, 0.25) is 0 Å². The van der Waals surface area contributed by atoms with Gasteiger partial charge in [-0.3, -0.25) is 10.6 Å². The maximum absolute atomic E-state index is 10.3. The third-order valence-corrected chi connectivity index (χ3v) is 4.06. The summed E-state index contributed by atoms with van der Waals surface area (Å²) in [5.41, 5.74) is 2.06. The molecule has 0 radical (unpaired) electrons. The summed E-state index contributed by atoms with van der Waals surface area (Å²) < 4.78 is 0. The van der Waals surface area contributed by atoms with E-state index in [0.717, 1.165) is 5.56 Å². The number of rotatable bonds is 7. The average Bonchev–Trinajstić information content (AvgIpc) is 2.55. The van der Waals surface area contributed by atoms with Crippen molar-refractivity contribution in [2.45, 2.75) is 38.5 Å². The van der Waals surface area contributed by atoms with Crippen molar-refractivity contribution in [1.29, 1.82) is 0 Å². The predicted molar refractivity (Wildman–Crippen MR) is 91.5 cm³/mol. The highest BCUT2D eigenvalue weighted by molar-refractivity contribution is 5.22. The van der Waals surface area contributed by atoms with E-state index in [1.807, 2.05) is 55.5 Å². The fourth-order valence-electron chi connectivity index (χ4n) is 2.44. The van der Waals surface area contributed by atoms with Gasteiger partial charge in [0.15, 0.2) is 0 Å². The van der Waals surface area contributed by atoms with Gasteiger partial charge in [-0.05, 0) is 31.9 Å². The molecule has 2 unspecified atom stereocenters. The molecule has 22 heavy (non-hydrogen) atoms. The number of nitrogens with one attached hydrogen (secondary N) is 2. The Kier molecular flexibility index (Phi) is 5.72. The monoisotopic (exact) mass is 298 g/mol. The zero-order valence-corrected chi connectivity index (χ0v) is 13.6. The Labute approximate surface area is 133 Å². The average molecular weight is 298 g/mol. The molecule has 3 nitrogen and oxygen atoms in total. The summed E-state index contributed by atoms with van der Waals surface area (Å²) in [7, 11) is 0. The molecule has 0 fully saturated rings. The summed E-state index contributed by atoms with van der Waals surface area (Å²) in [6.45, 7) is 6.94. The van der Waals surface area contributed by atoms with E-state index in [9.17, 15) is 5.11 Å². The lowest BCUT2D eigenvalue weighted by atomic mass is 9.95.